The van der Waals surface area contributed by atoms with Gasteiger partial charge in [-0.25, -0.2) is 4.39 Å². The molecule has 1 heterocycles. The summed E-state index contributed by atoms with van der Waals surface area (Å²) in [5, 5.41) is 6.80. The van der Waals surface area contributed by atoms with E-state index < -0.39 is 0 Å². The van der Waals surface area contributed by atoms with E-state index in [9.17, 15) is 4.39 Å². The lowest BCUT2D eigenvalue weighted by Crippen LogP contribution is -2.46. The van der Waals surface area contributed by atoms with Crippen LogP contribution >= 0.6 is 0 Å². The molecule has 0 saturated carbocycles. The second-order valence-electron chi connectivity index (χ2n) is 7.38. The zero-order valence-corrected chi connectivity index (χ0v) is 16.3. The predicted octanol–water partition coefficient (Wildman–Crippen LogP) is 2.29. The molecular weight excluding hydrogens is 317 g/mol. The highest BCUT2D eigenvalue weighted by Crippen LogP contribution is 2.19. The quantitative estimate of drug-likeness (QED) is 0.632. The molecule has 2 unspecified atom stereocenters. The SMILES string of the molecule is CN=C(NCc1ccc(N(C)C)c(F)c1)NC1CN(C(C)C)CC1C. The van der Waals surface area contributed by atoms with Gasteiger partial charge in [-0.05, 0) is 37.5 Å². The van der Waals surface area contributed by atoms with Gasteiger partial charge in [0, 0.05) is 52.9 Å². The van der Waals surface area contributed by atoms with Crippen LogP contribution in [0.4, 0.5) is 10.1 Å². The van der Waals surface area contributed by atoms with Gasteiger partial charge in [-0.2, -0.15) is 0 Å². The van der Waals surface area contributed by atoms with Gasteiger partial charge in [0.1, 0.15) is 5.82 Å². The summed E-state index contributed by atoms with van der Waals surface area (Å²) < 4.78 is 14.1. The van der Waals surface area contributed by atoms with Gasteiger partial charge in [0.2, 0.25) is 0 Å². The van der Waals surface area contributed by atoms with E-state index in [1.54, 1.807) is 18.0 Å². The lowest BCUT2D eigenvalue weighted by Gasteiger charge is -2.22. The molecule has 1 fully saturated rings. The highest BCUT2D eigenvalue weighted by Gasteiger charge is 2.31. The molecule has 2 N–H and O–H groups in total. The van der Waals surface area contributed by atoms with Crippen molar-refractivity contribution in [1.82, 2.24) is 15.5 Å². The van der Waals surface area contributed by atoms with E-state index in [1.165, 1.54) is 0 Å². The van der Waals surface area contributed by atoms with E-state index in [0.717, 1.165) is 24.6 Å². The molecule has 5 nitrogen and oxygen atoms in total. The number of nitrogens with one attached hydrogen (secondary N) is 2. The summed E-state index contributed by atoms with van der Waals surface area (Å²) in [5.41, 5.74) is 1.49. The van der Waals surface area contributed by atoms with Gasteiger partial charge in [0.15, 0.2) is 5.96 Å². The highest BCUT2D eigenvalue weighted by molar-refractivity contribution is 5.80. The zero-order chi connectivity index (χ0) is 18.6. The molecule has 0 aromatic heterocycles. The molecule has 1 aromatic carbocycles. The molecule has 0 spiro atoms. The monoisotopic (exact) mass is 349 g/mol. The van der Waals surface area contributed by atoms with E-state index in [1.807, 2.05) is 26.2 Å². The van der Waals surface area contributed by atoms with Crippen LogP contribution in [0.1, 0.15) is 26.3 Å². The van der Waals surface area contributed by atoms with E-state index in [0.29, 0.717) is 30.2 Å². The van der Waals surface area contributed by atoms with Crippen LogP contribution < -0.4 is 15.5 Å². The van der Waals surface area contributed by atoms with Crippen LogP contribution in [0.25, 0.3) is 0 Å². The Morgan fingerprint density at radius 3 is 2.60 bits per heavy atom. The number of hydrogen-bond acceptors (Lipinski definition) is 3. The summed E-state index contributed by atoms with van der Waals surface area (Å²) in [6.07, 6.45) is 0. The van der Waals surface area contributed by atoms with Crippen LogP contribution in [0.3, 0.4) is 0 Å². The van der Waals surface area contributed by atoms with Gasteiger partial charge >= 0.3 is 0 Å². The van der Waals surface area contributed by atoms with E-state index in [2.05, 4.69) is 41.3 Å². The number of benzene rings is 1. The Labute approximate surface area is 151 Å². The number of hydrogen-bond donors (Lipinski definition) is 2. The van der Waals surface area contributed by atoms with Gasteiger partial charge in [-0.3, -0.25) is 9.89 Å². The van der Waals surface area contributed by atoms with Crippen molar-refractivity contribution in [3.63, 3.8) is 0 Å². The molecule has 0 bridgehead atoms. The first-order chi connectivity index (χ1) is 11.8. The largest absolute Gasteiger partial charge is 0.375 e. The van der Waals surface area contributed by atoms with Crippen molar-refractivity contribution in [1.29, 1.82) is 0 Å². The Bertz CT molecular complexity index is 599. The summed E-state index contributed by atoms with van der Waals surface area (Å²) >= 11 is 0. The second-order valence-corrected chi connectivity index (χ2v) is 7.38. The topological polar surface area (TPSA) is 42.9 Å². The van der Waals surface area contributed by atoms with Crippen molar-refractivity contribution in [2.75, 3.05) is 39.1 Å². The average molecular weight is 349 g/mol. The van der Waals surface area contributed by atoms with Crippen molar-refractivity contribution >= 4 is 11.6 Å². The van der Waals surface area contributed by atoms with Gasteiger partial charge in [-0.1, -0.05) is 13.0 Å². The molecule has 6 heteroatoms. The van der Waals surface area contributed by atoms with Crippen molar-refractivity contribution in [2.24, 2.45) is 10.9 Å². The molecule has 0 amide bonds. The van der Waals surface area contributed by atoms with Gasteiger partial charge in [0.05, 0.1) is 5.69 Å². The number of aliphatic imine (C=N–C) groups is 1. The number of halogens is 1. The normalized spacial score (nSPS) is 21.7. The molecule has 1 aliphatic heterocycles. The van der Waals surface area contributed by atoms with Crippen molar-refractivity contribution in [3.8, 4) is 0 Å². The molecule has 1 aromatic rings. The molecular formula is C19H32FN5. The Morgan fingerprint density at radius 1 is 1.36 bits per heavy atom. The second kappa shape index (κ2) is 8.52. The van der Waals surface area contributed by atoms with Crippen molar-refractivity contribution < 1.29 is 4.39 Å². The molecule has 25 heavy (non-hydrogen) atoms. The zero-order valence-electron chi connectivity index (χ0n) is 16.3. The maximum atomic E-state index is 14.1. The van der Waals surface area contributed by atoms with Crippen LogP contribution in [-0.2, 0) is 6.54 Å². The number of likely N-dealkylation sites (tertiary alicyclic amines) is 1. The van der Waals surface area contributed by atoms with Crippen molar-refractivity contribution in [2.45, 2.75) is 39.4 Å². The Morgan fingerprint density at radius 2 is 2.08 bits per heavy atom. The summed E-state index contributed by atoms with van der Waals surface area (Å²) in [4.78, 5) is 8.56. The van der Waals surface area contributed by atoms with Gasteiger partial charge < -0.3 is 15.5 Å². The highest BCUT2D eigenvalue weighted by atomic mass is 19.1. The lowest BCUT2D eigenvalue weighted by molar-refractivity contribution is 0.265. The van der Waals surface area contributed by atoms with E-state index >= 15 is 0 Å². The molecule has 1 aliphatic rings. The number of rotatable bonds is 5. The number of nitrogens with zero attached hydrogens (tertiary/aromatic N) is 3. The maximum absolute atomic E-state index is 14.1. The molecule has 0 aliphatic carbocycles. The predicted molar refractivity (Wildman–Crippen MR) is 104 cm³/mol. The van der Waals surface area contributed by atoms with Gasteiger partial charge in [-0.15, -0.1) is 0 Å². The smallest absolute Gasteiger partial charge is 0.191 e. The van der Waals surface area contributed by atoms with Crippen LogP contribution in [-0.4, -0.2) is 57.2 Å². The fourth-order valence-corrected chi connectivity index (χ4v) is 3.19. The fourth-order valence-electron chi connectivity index (χ4n) is 3.19. The molecule has 0 radical (unpaired) electrons. The third-order valence-corrected chi connectivity index (χ3v) is 4.87. The number of anilines is 1. The van der Waals surface area contributed by atoms with Crippen molar-refractivity contribution in [3.05, 3.63) is 29.6 Å². The van der Waals surface area contributed by atoms with Crippen LogP contribution in [0, 0.1) is 11.7 Å². The third-order valence-electron chi connectivity index (χ3n) is 4.87. The Hall–Kier alpha value is -1.82. The summed E-state index contributed by atoms with van der Waals surface area (Å²) in [6, 6.07) is 6.26. The maximum Gasteiger partial charge on any atom is 0.191 e. The summed E-state index contributed by atoms with van der Waals surface area (Å²) in [5.74, 6) is 1.13. The average Bonchev–Trinajstić information content (AvgIpc) is 2.92. The molecule has 2 rings (SSSR count). The first kappa shape index (κ1) is 19.5. The molecule has 2 atom stereocenters. The third kappa shape index (κ3) is 5.08. The van der Waals surface area contributed by atoms with Crippen LogP contribution in [0.15, 0.2) is 23.2 Å². The minimum absolute atomic E-state index is 0.204. The lowest BCUT2D eigenvalue weighted by atomic mass is 10.1. The summed E-state index contributed by atoms with van der Waals surface area (Å²) in [6.45, 7) is 9.39. The standard InChI is InChI=1S/C19H32FN5/c1-13(2)25-11-14(3)17(12-25)23-19(21-4)22-10-15-7-8-18(24(5)6)16(20)9-15/h7-9,13-14,17H,10-12H2,1-6H3,(H2,21,22,23). The fraction of sp³-hybridized carbons (Fsp3) is 0.632. The van der Waals surface area contributed by atoms with Crippen LogP contribution in [0.2, 0.25) is 0 Å². The van der Waals surface area contributed by atoms with Crippen LogP contribution in [0.5, 0.6) is 0 Å². The first-order valence-electron chi connectivity index (χ1n) is 8.98. The Kier molecular flexibility index (Phi) is 6.64. The Balaban J connectivity index is 1.92. The summed E-state index contributed by atoms with van der Waals surface area (Å²) in [7, 11) is 5.45. The molecule has 140 valence electrons. The van der Waals surface area contributed by atoms with E-state index in [4.69, 9.17) is 0 Å². The first-order valence-corrected chi connectivity index (χ1v) is 8.98. The molecule has 1 saturated heterocycles. The van der Waals surface area contributed by atoms with E-state index in [-0.39, 0.29) is 5.82 Å². The minimum Gasteiger partial charge on any atom is -0.375 e. The minimum atomic E-state index is -0.204. The number of guanidine groups is 1. The van der Waals surface area contributed by atoms with Gasteiger partial charge in [0.25, 0.3) is 0 Å².